The summed E-state index contributed by atoms with van der Waals surface area (Å²) in [6.07, 6.45) is 1.98. The molecule has 1 atom stereocenters. The predicted molar refractivity (Wildman–Crippen MR) is 118 cm³/mol. The molecule has 2 aromatic rings. The van der Waals surface area contributed by atoms with Crippen LogP contribution in [0, 0.1) is 0 Å². The average Bonchev–Trinajstić information content (AvgIpc) is 3.34. The van der Waals surface area contributed by atoms with Gasteiger partial charge >= 0.3 is 12.0 Å². The quantitative estimate of drug-likeness (QED) is 0.507. The number of imide groups is 1. The number of carbonyl (C=O) groups excluding carboxylic acids is 3. The molecule has 0 aromatic heterocycles. The highest BCUT2D eigenvalue weighted by atomic mass is 16.5. The van der Waals surface area contributed by atoms with Gasteiger partial charge in [-0.15, -0.1) is 0 Å². The summed E-state index contributed by atoms with van der Waals surface area (Å²) in [5.41, 5.74) is 0.121. The number of anilines is 2. The minimum atomic E-state index is -1.24. The van der Waals surface area contributed by atoms with Crippen molar-refractivity contribution in [2.45, 2.75) is 25.3 Å². The van der Waals surface area contributed by atoms with Crippen molar-refractivity contribution in [2.24, 2.45) is 0 Å². The fraction of sp³-hybridized carbons (Fsp3) is 0.292. The molecular formula is C24H24N2O6. The Kier molecular flexibility index (Phi) is 5.61. The van der Waals surface area contributed by atoms with Crippen LogP contribution in [-0.4, -0.2) is 44.3 Å². The summed E-state index contributed by atoms with van der Waals surface area (Å²) in [6, 6.07) is 13.1. The largest absolute Gasteiger partial charge is 0.497 e. The van der Waals surface area contributed by atoms with E-state index in [1.807, 2.05) is 0 Å². The second-order valence-electron chi connectivity index (χ2n) is 7.52. The number of rotatable bonds is 6. The van der Waals surface area contributed by atoms with Crippen LogP contribution in [0.1, 0.15) is 19.8 Å². The van der Waals surface area contributed by atoms with Gasteiger partial charge in [-0.05, 0) is 61.9 Å². The summed E-state index contributed by atoms with van der Waals surface area (Å²) in [6.45, 7) is 1.96. The maximum absolute atomic E-state index is 13.7. The molecule has 1 aliphatic carbocycles. The third kappa shape index (κ3) is 3.37. The van der Waals surface area contributed by atoms with E-state index in [0.29, 0.717) is 28.4 Å². The molecule has 0 radical (unpaired) electrons. The van der Waals surface area contributed by atoms with Gasteiger partial charge in [-0.2, -0.15) is 0 Å². The van der Waals surface area contributed by atoms with Crippen LogP contribution in [0.3, 0.4) is 0 Å². The second-order valence-corrected chi connectivity index (χ2v) is 7.52. The van der Waals surface area contributed by atoms with Crippen LogP contribution in [0.5, 0.6) is 11.5 Å². The number of urea groups is 1. The maximum atomic E-state index is 13.7. The number of amides is 3. The standard InChI is InChI=1S/C24H24N2O6/c1-4-32-21(27)16-13-14-24(15-16)22(28)25(17-5-9-19(30-2)10-6-17)23(29)26(24)18-7-11-20(31-3)12-8-18/h5-13H,4,14-15H2,1-3H3. The molecule has 1 saturated heterocycles. The first-order valence-electron chi connectivity index (χ1n) is 10.3. The first kappa shape index (κ1) is 21.4. The summed E-state index contributed by atoms with van der Waals surface area (Å²) in [7, 11) is 3.10. The van der Waals surface area contributed by atoms with Crippen molar-refractivity contribution >= 4 is 29.3 Å². The molecule has 0 saturated carbocycles. The molecule has 0 N–H and O–H groups in total. The van der Waals surface area contributed by atoms with Crippen LogP contribution >= 0.6 is 0 Å². The van der Waals surface area contributed by atoms with Crippen molar-refractivity contribution in [1.29, 1.82) is 0 Å². The highest BCUT2D eigenvalue weighted by Crippen LogP contribution is 2.46. The van der Waals surface area contributed by atoms with E-state index in [-0.39, 0.29) is 25.4 Å². The summed E-state index contributed by atoms with van der Waals surface area (Å²) in [5, 5.41) is 0. The first-order valence-corrected chi connectivity index (χ1v) is 10.3. The van der Waals surface area contributed by atoms with Crippen molar-refractivity contribution in [1.82, 2.24) is 0 Å². The Morgan fingerprint density at radius 2 is 1.50 bits per heavy atom. The lowest BCUT2D eigenvalue weighted by atomic mass is 9.92. The van der Waals surface area contributed by atoms with Crippen molar-refractivity contribution in [2.75, 3.05) is 30.6 Å². The van der Waals surface area contributed by atoms with Crippen molar-refractivity contribution < 1.29 is 28.6 Å². The zero-order valence-electron chi connectivity index (χ0n) is 18.2. The summed E-state index contributed by atoms with van der Waals surface area (Å²) in [5.74, 6) is 0.382. The van der Waals surface area contributed by atoms with Crippen LogP contribution < -0.4 is 19.3 Å². The van der Waals surface area contributed by atoms with Crippen LogP contribution in [0.15, 0.2) is 60.2 Å². The number of hydrogen-bond acceptors (Lipinski definition) is 6. The van der Waals surface area contributed by atoms with E-state index in [0.717, 1.165) is 4.90 Å². The monoisotopic (exact) mass is 436 g/mol. The van der Waals surface area contributed by atoms with Gasteiger partial charge in [-0.1, -0.05) is 6.08 Å². The zero-order valence-corrected chi connectivity index (χ0v) is 18.2. The van der Waals surface area contributed by atoms with Crippen LogP contribution in [0.4, 0.5) is 16.2 Å². The lowest BCUT2D eigenvalue weighted by Crippen LogP contribution is -2.48. The molecule has 166 valence electrons. The first-order chi connectivity index (χ1) is 15.4. The van der Waals surface area contributed by atoms with E-state index in [9.17, 15) is 14.4 Å². The van der Waals surface area contributed by atoms with E-state index < -0.39 is 17.5 Å². The van der Waals surface area contributed by atoms with Gasteiger partial charge in [0.25, 0.3) is 5.91 Å². The highest BCUT2D eigenvalue weighted by molar-refractivity contribution is 6.31. The van der Waals surface area contributed by atoms with E-state index in [4.69, 9.17) is 14.2 Å². The molecular weight excluding hydrogens is 412 g/mol. The van der Waals surface area contributed by atoms with Crippen LogP contribution in [0.25, 0.3) is 0 Å². The van der Waals surface area contributed by atoms with Gasteiger partial charge in [-0.3, -0.25) is 9.69 Å². The van der Waals surface area contributed by atoms with Gasteiger partial charge in [0.2, 0.25) is 0 Å². The molecule has 1 spiro atoms. The number of carbonyl (C=O) groups is 3. The van der Waals surface area contributed by atoms with Gasteiger partial charge in [0.15, 0.2) is 0 Å². The lowest BCUT2D eigenvalue weighted by molar-refractivity contribution is -0.138. The van der Waals surface area contributed by atoms with Gasteiger partial charge in [0, 0.05) is 17.7 Å². The van der Waals surface area contributed by atoms with Crippen LogP contribution in [-0.2, 0) is 14.3 Å². The molecule has 4 rings (SSSR count). The molecule has 1 heterocycles. The third-order valence-corrected chi connectivity index (χ3v) is 5.78. The third-order valence-electron chi connectivity index (χ3n) is 5.78. The van der Waals surface area contributed by atoms with E-state index in [1.54, 1.807) is 75.8 Å². The summed E-state index contributed by atoms with van der Waals surface area (Å²) < 4.78 is 15.5. The Morgan fingerprint density at radius 1 is 0.938 bits per heavy atom. The fourth-order valence-electron chi connectivity index (χ4n) is 4.19. The second kappa shape index (κ2) is 8.37. The molecule has 1 aliphatic heterocycles. The van der Waals surface area contributed by atoms with Crippen molar-refractivity contribution in [3.05, 3.63) is 60.2 Å². The SMILES string of the molecule is CCOC(=O)C1=CCC2(C1)C(=O)N(c1ccc(OC)cc1)C(=O)N2c1ccc(OC)cc1. The molecule has 2 aromatic carbocycles. The van der Waals surface area contributed by atoms with E-state index >= 15 is 0 Å². The number of esters is 1. The number of hydrogen-bond donors (Lipinski definition) is 0. The Hall–Kier alpha value is -3.81. The molecule has 1 unspecified atom stereocenters. The minimum absolute atomic E-state index is 0.0785. The van der Waals surface area contributed by atoms with Gasteiger partial charge in [0.05, 0.1) is 26.5 Å². The molecule has 3 amide bonds. The summed E-state index contributed by atoms with van der Waals surface area (Å²) in [4.78, 5) is 42.4. The molecule has 2 aliphatic rings. The minimum Gasteiger partial charge on any atom is -0.497 e. The molecule has 8 nitrogen and oxygen atoms in total. The fourth-order valence-corrected chi connectivity index (χ4v) is 4.19. The average molecular weight is 436 g/mol. The molecule has 0 bridgehead atoms. The highest BCUT2D eigenvalue weighted by Gasteiger charge is 2.60. The molecule has 1 fully saturated rings. The van der Waals surface area contributed by atoms with Crippen molar-refractivity contribution in [3.63, 3.8) is 0 Å². The topological polar surface area (TPSA) is 85.4 Å². The van der Waals surface area contributed by atoms with E-state index in [1.165, 1.54) is 4.90 Å². The number of ether oxygens (including phenoxy) is 3. The molecule has 8 heteroatoms. The Balaban J connectivity index is 1.76. The Labute approximate surface area is 186 Å². The normalized spacial score (nSPS) is 20.0. The van der Waals surface area contributed by atoms with Crippen molar-refractivity contribution in [3.8, 4) is 11.5 Å². The lowest BCUT2D eigenvalue weighted by Gasteiger charge is -2.31. The Morgan fingerprint density at radius 3 is 2.03 bits per heavy atom. The van der Waals surface area contributed by atoms with Gasteiger partial charge < -0.3 is 14.2 Å². The number of nitrogens with zero attached hydrogens (tertiary/aromatic N) is 2. The number of benzene rings is 2. The van der Waals surface area contributed by atoms with Crippen LogP contribution in [0.2, 0.25) is 0 Å². The maximum Gasteiger partial charge on any atom is 0.336 e. The van der Waals surface area contributed by atoms with E-state index in [2.05, 4.69) is 0 Å². The van der Waals surface area contributed by atoms with Gasteiger partial charge in [-0.25, -0.2) is 14.5 Å². The zero-order chi connectivity index (χ0) is 22.9. The predicted octanol–water partition coefficient (Wildman–Crippen LogP) is 3.70. The molecule has 32 heavy (non-hydrogen) atoms. The number of methoxy groups -OCH3 is 2. The summed E-state index contributed by atoms with van der Waals surface area (Å²) >= 11 is 0. The van der Waals surface area contributed by atoms with Gasteiger partial charge in [0.1, 0.15) is 17.0 Å². The smallest absolute Gasteiger partial charge is 0.336 e. The Bertz CT molecular complexity index is 1080.